The van der Waals surface area contributed by atoms with Crippen LogP contribution in [0.2, 0.25) is 0 Å². The second-order valence-corrected chi connectivity index (χ2v) is 3.91. The van der Waals surface area contributed by atoms with Gasteiger partial charge >= 0.3 is 0 Å². The summed E-state index contributed by atoms with van der Waals surface area (Å²) in [7, 11) is 3.27. The van der Waals surface area contributed by atoms with Gasteiger partial charge in [-0.05, 0) is 13.3 Å². The second kappa shape index (κ2) is 4.62. The highest BCUT2D eigenvalue weighted by molar-refractivity contribution is 5.31. The Morgan fingerprint density at radius 1 is 1.43 bits per heavy atom. The number of hydrogen-bond acceptors (Lipinski definition) is 3. The molecule has 1 aliphatic rings. The molecular formula is C11H18O3. The summed E-state index contributed by atoms with van der Waals surface area (Å²) in [5.41, 5.74) is 0.551. The molecule has 14 heavy (non-hydrogen) atoms. The molecule has 0 aromatic heterocycles. The summed E-state index contributed by atoms with van der Waals surface area (Å²) in [5.74, 6) is 0.392. The van der Waals surface area contributed by atoms with E-state index in [1.54, 1.807) is 14.2 Å². The molecule has 1 N–H and O–H groups in total. The van der Waals surface area contributed by atoms with Gasteiger partial charge in [-0.2, -0.15) is 0 Å². The maximum Gasteiger partial charge on any atom is 0.106 e. The smallest absolute Gasteiger partial charge is 0.106 e. The van der Waals surface area contributed by atoms with E-state index in [9.17, 15) is 5.11 Å². The fourth-order valence-corrected chi connectivity index (χ4v) is 1.74. The van der Waals surface area contributed by atoms with Crippen LogP contribution >= 0.6 is 0 Å². The largest absolute Gasteiger partial charge is 0.511 e. The van der Waals surface area contributed by atoms with Gasteiger partial charge in [0.15, 0.2) is 0 Å². The van der Waals surface area contributed by atoms with E-state index in [1.807, 2.05) is 19.1 Å². The lowest BCUT2D eigenvalue weighted by atomic mass is 9.80. The van der Waals surface area contributed by atoms with Crippen LogP contribution in [0.15, 0.2) is 23.5 Å². The minimum absolute atomic E-state index is 0.294. The fraction of sp³-hybridized carbons (Fsp3) is 0.636. The van der Waals surface area contributed by atoms with Gasteiger partial charge < -0.3 is 14.6 Å². The second-order valence-electron chi connectivity index (χ2n) is 3.91. The van der Waals surface area contributed by atoms with Crippen molar-refractivity contribution >= 4 is 0 Å². The number of methoxy groups -OCH3 is 2. The van der Waals surface area contributed by atoms with Crippen molar-refractivity contribution in [3.05, 3.63) is 23.5 Å². The van der Waals surface area contributed by atoms with Gasteiger partial charge in [-0.1, -0.05) is 12.2 Å². The molecule has 0 aromatic carbocycles. The Morgan fingerprint density at radius 3 is 2.71 bits per heavy atom. The molecule has 0 radical (unpaired) electrons. The van der Waals surface area contributed by atoms with Crippen LogP contribution in [0.3, 0.4) is 0 Å². The minimum Gasteiger partial charge on any atom is -0.511 e. The SMILES string of the molecule is COCC1=C(O)C(C)(COC)CC=C1. The van der Waals surface area contributed by atoms with E-state index in [-0.39, 0.29) is 5.41 Å². The zero-order valence-electron chi connectivity index (χ0n) is 9.04. The third-order valence-electron chi connectivity index (χ3n) is 2.53. The molecule has 0 aromatic rings. The summed E-state index contributed by atoms with van der Waals surface area (Å²) in [6, 6.07) is 0. The van der Waals surface area contributed by atoms with Crippen molar-refractivity contribution in [2.75, 3.05) is 27.4 Å². The molecule has 0 heterocycles. The van der Waals surface area contributed by atoms with Crippen LogP contribution in [-0.2, 0) is 9.47 Å². The normalized spacial score (nSPS) is 27.1. The number of rotatable bonds is 4. The van der Waals surface area contributed by atoms with Gasteiger partial charge in [0, 0.05) is 19.8 Å². The van der Waals surface area contributed by atoms with Crippen molar-refractivity contribution < 1.29 is 14.6 Å². The summed E-state index contributed by atoms with van der Waals surface area (Å²) in [6.45, 7) is 2.96. The van der Waals surface area contributed by atoms with Gasteiger partial charge in [-0.15, -0.1) is 0 Å². The topological polar surface area (TPSA) is 38.7 Å². The molecule has 0 amide bonds. The molecular weight excluding hydrogens is 180 g/mol. The quantitative estimate of drug-likeness (QED) is 0.751. The molecule has 0 aliphatic heterocycles. The highest BCUT2D eigenvalue weighted by Gasteiger charge is 2.32. The van der Waals surface area contributed by atoms with E-state index >= 15 is 0 Å². The average Bonchev–Trinajstić information content (AvgIpc) is 2.14. The van der Waals surface area contributed by atoms with Crippen molar-refractivity contribution in [1.82, 2.24) is 0 Å². The molecule has 80 valence electrons. The number of hydrogen-bond donors (Lipinski definition) is 1. The Bertz CT molecular complexity index is 255. The van der Waals surface area contributed by atoms with E-state index < -0.39 is 0 Å². The standard InChI is InChI=1S/C11H18O3/c1-11(8-14-3)6-4-5-9(7-13-2)10(11)12/h4-5,12H,6-8H2,1-3H3. The Balaban J connectivity index is 2.86. The van der Waals surface area contributed by atoms with Gasteiger partial charge in [0.05, 0.1) is 18.6 Å². The first kappa shape index (κ1) is 11.3. The van der Waals surface area contributed by atoms with Gasteiger partial charge in [0.1, 0.15) is 5.76 Å². The Hall–Kier alpha value is -0.800. The summed E-state index contributed by atoms with van der Waals surface area (Å²) >= 11 is 0. The minimum atomic E-state index is -0.294. The first-order valence-electron chi connectivity index (χ1n) is 4.71. The Labute approximate surface area is 85.0 Å². The van der Waals surface area contributed by atoms with Crippen LogP contribution in [0.5, 0.6) is 0 Å². The summed E-state index contributed by atoms with van der Waals surface area (Å²) < 4.78 is 10.1. The van der Waals surface area contributed by atoms with E-state index in [4.69, 9.17) is 9.47 Å². The van der Waals surface area contributed by atoms with Crippen LogP contribution in [0.1, 0.15) is 13.3 Å². The van der Waals surface area contributed by atoms with Crippen LogP contribution in [0.25, 0.3) is 0 Å². The Morgan fingerprint density at radius 2 is 2.14 bits per heavy atom. The number of aliphatic hydroxyl groups excluding tert-OH is 1. The third-order valence-corrected chi connectivity index (χ3v) is 2.53. The van der Waals surface area contributed by atoms with Crippen LogP contribution in [-0.4, -0.2) is 32.5 Å². The summed E-state index contributed by atoms with van der Waals surface area (Å²) in [5, 5.41) is 10.0. The molecule has 0 bridgehead atoms. The maximum absolute atomic E-state index is 10.0. The number of aliphatic hydroxyl groups is 1. The van der Waals surface area contributed by atoms with Crippen molar-refractivity contribution in [3.63, 3.8) is 0 Å². The lowest BCUT2D eigenvalue weighted by Crippen LogP contribution is -2.28. The van der Waals surface area contributed by atoms with Crippen molar-refractivity contribution in [2.24, 2.45) is 5.41 Å². The lowest BCUT2D eigenvalue weighted by molar-refractivity contribution is 0.0811. The predicted molar refractivity (Wildman–Crippen MR) is 55.3 cm³/mol. The fourth-order valence-electron chi connectivity index (χ4n) is 1.74. The van der Waals surface area contributed by atoms with Gasteiger partial charge in [-0.25, -0.2) is 0 Å². The molecule has 0 saturated carbocycles. The molecule has 1 rings (SSSR count). The lowest BCUT2D eigenvalue weighted by Gasteiger charge is -2.31. The van der Waals surface area contributed by atoms with Crippen LogP contribution < -0.4 is 0 Å². The highest BCUT2D eigenvalue weighted by Crippen LogP contribution is 2.35. The van der Waals surface area contributed by atoms with E-state index in [2.05, 4.69) is 0 Å². The van der Waals surface area contributed by atoms with Gasteiger partial charge in [-0.3, -0.25) is 0 Å². The zero-order valence-corrected chi connectivity index (χ0v) is 9.04. The zero-order chi connectivity index (χ0) is 10.6. The summed E-state index contributed by atoms with van der Waals surface area (Å²) in [6.07, 6.45) is 4.77. The van der Waals surface area contributed by atoms with E-state index in [0.29, 0.717) is 19.0 Å². The van der Waals surface area contributed by atoms with Crippen molar-refractivity contribution in [3.8, 4) is 0 Å². The maximum atomic E-state index is 10.0. The molecule has 3 nitrogen and oxygen atoms in total. The molecule has 1 aliphatic carbocycles. The third kappa shape index (κ3) is 2.16. The highest BCUT2D eigenvalue weighted by atomic mass is 16.5. The Kier molecular flexibility index (Phi) is 3.72. The van der Waals surface area contributed by atoms with Crippen LogP contribution in [0.4, 0.5) is 0 Å². The van der Waals surface area contributed by atoms with Crippen LogP contribution in [0, 0.1) is 5.41 Å². The average molecular weight is 198 g/mol. The predicted octanol–water partition coefficient (Wildman–Crippen LogP) is 2.06. The molecule has 1 atom stereocenters. The molecule has 1 unspecified atom stereocenters. The summed E-state index contributed by atoms with van der Waals surface area (Å²) in [4.78, 5) is 0. The van der Waals surface area contributed by atoms with Gasteiger partial charge in [0.2, 0.25) is 0 Å². The van der Waals surface area contributed by atoms with E-state index in [0.717, 1.165) is 12.0 Å². The number of allylic oxidation sites excluding steroid dienone is 1. The molecule has 0 saturated heterocycles. The number of ether oxygens (including phenoxy) is 2. The first-order chi connectivity index (χ1) is 6.64. The van der Waals surface area contributed by atoms with Gasteiger partial charge in [0.25, 0.3) is 0 Å². The molecule has 0 spiro atoms. The monoisotopic (exact) mass is 198 g/mol. The molecule has 3 heteroatoms. The first-order valence-corrected chi connectivity index (χ1v) is 4.71. The van der Waals surface area contributed by atoms with Crippen molar-refractivity contribution in [2.45, 2.75) is 13.3 Å². The van der Waals surface area contributed by atoms with Crippen molar-refractivity contribution in [1.29, 1.82) is 0 Å². The molecule has 0 fully saturated rings. The van der Waals surface area contributed by atoms with E-state index in [1.165, 1.54) is 0 Å².